The van der Waals surface area contributed by atoms with Crippen molar-refractivity contribution >= 4 is 17.7 Å². The zero-order valence-corrected chi connectivity index (χ0v) is 13.3. The lowest BCUT2D eigenvalue weighted by atomic mass is 9.92. The van der Waals surface area contributed by atoms with Crippen LogP contribution in [0.15, 0.2) is 42.6 Å². The number of hydrogen-bond donors (Lipinski definition) is 2. The molecule has 2 aromatic rings. The summed E-state index contributed by atoms with van der Waals surface area (Å²) in [6, 6.07) is 9.56. The summed E-state index contributed by atoms with van der Waals surface area (Å²) >= 11 is 0. The van der Waals surface area contributed by atoms with Crippen molar-refractivity contribution in [1.82, 2.24) is 15.2 Å². The van der Waals surface area contributed by atoms with Gasteiger partial charge in [-0.1, -0.05) is 12.1 Å². The number of rotatable bonds is 5. The molecule has 1 aromatic carbocycles. The third-order valence-corrected chi connectivity index (χ3v) is 4.14. The Hall–Kier alpha value is -3.09. The molecule has 1 aliphatic heterocycles. The van der Waals surface area contributed by atoms with Crippen LogP contribution in [0.4, 0.5) is 4.79 Å². The van der Waals surface area contributed by atoms with Crippen LogP contribution in [0, 0.1) is 0 Å². The monoisotopic (exact) mass is 327 g/mol. The molecule has 2 N–H and O–H groups in total. The second-order valence-corrected chi connectivity index (χ2v) is 5.68. The number of Topliss-reactive ketones (excluding diaryl/α,β-unsaturated/α-hetero) is 1. The summed E-state index contributed by atoms with van der Waals surface area (Å²) in [5.41, 5.74) is -0.232. The number of methoxy groups -OCH3 is 1. The number of carbonyl (C=O) groups excluding carboxylic acids is 3. The van der Waals surface area contributed by atoms with E-state index in [1.807, 2.05) is 0 Å². The minimum absolute atomic E-state index is 0.309. The minimum Gasteiger partial charge on any atom is -0.497 e. The smallest absolute Gasteiger partial charge is 0.325 e. The van der Waals surface area contributed by atoms with Crippen molar-refractivity contribution in [3.05, 3.63) is 53.9 Å². The molecule has 1 unspecified atom stereocenters. The molecule has 1 saturated heterocycles. The van der Waals surface area contributed by atoms with E-state index in [0.717, 1.165) is 4.90 Å². The van der Waals surface area contributed by atoms with Gasteiger partial charge < -0.3 is 15.0 Å². The van der Waals surface area contributed by atoms with E-state index in [9.17, 15) is 14.4 Å². The van der Waals surface area contributed by atoms with Crippen molar-refractivity contribution in [1.29, 1.82) is 0 Å². The van der Waals surface area contributed by atoms with Crippen LogP contribution in [0.25, 0.3) is 0 Å². The van der Waals surface area contributed by atoms with Gasteiger partial charge in [-0.2, -0.15) is 0 Å². The number of nitrogens with one attached hydrogen (secondary N) is 2. The number of H-pyrrole nitrogens is 1. The van der Waals surface area contributed by atoms with Gasteiger partial charge in [-0.05, 0) is 36.8 Å². The number of aromatic nitrogens is 1. The van der Waals surface area contributed by atoms with E-state index in [1.54, 1.807) is 56.6 Å². The highest BCUT2D eigenvalue weighted by Gasteiger charge is 2.49. The van der Waals surface area contributed by atoms with E-state index in [-0.39, 0.29) is 12.3 Å². The lowest BCUT2D eigenvalue weighted by Crippen LogP contribution is -2.41. The van der Waals surface area contributed by atoms with Gasteiger partial charge >= 0.3 is 6.03 Å². The lowest BCUT2D eigenvalue weighted by molar-refractivity contribution is -0.130. The van der Waals surface area contributed by atoms with E-state index in [4.69, 9.17) is 4.74 Å². The fourth-order valence-corrected chi connectivity index (χ4v) is 2.69. The van der Waals surface area contributed by atoms with Gasteiger partial charge in [0.2, 0.25) is 0 Å². The number of carbonyl (C=O) groups is 3. The first kappa shape index (κ1) is 15.8. The second kappa shape index (κ2) is 5.84. The molecule has 1 atom stereocenters. The fraction of sp³-hybridized carbons (Fsp3) is 0.235. The fourth-order valence-electron chi connectivity index (χ4n) is 2.69. The Morgan fingerprint density at radius 1 is 1.21 bits per heavy atom. The number of imide groups is 1. The van der Waals surface area contributed by atoms with Crippen LogP contribution in [0.1, 0.15) is 23.0 Å². The van der Waals surface area contributed by atoms with Crippen molar-refractivity contribution in [2.24, 2.45) is 0 Å². The summed E-state index contributed by atoms with van der Waals surface area (Å²) in [5.74, 6) is -0.141. The van der Waals surface area contributed by atoms with Gasteiger partial charge in [-0.3, -0.25) is 14.5 Å². The first-order valence-electron chi connectivity index (χ1n) is 7.41. The number of amides is 3. The Morgan fingerprint density at radius 3 is 2.50 bits per heavy atom. The number of aromatic amines is 1. The Balaban J connectivity index is 1.83. The number of ketones is 1. The summed E-state index contributed by atoms with van der Waals surface area (Å²) < 4.78 is 5.10. The third kappa shape index (κ3) is 2.54. The Bertz CT molecular complexity index is 783. The highest BCUT2D eigenvalue weighted by Crippen LogP contribution is 2.30. The van der Waals surface area contributed by atoms with Crippen LogP contribution < -0.4 is 10.1 Å². The number of benzene rings is 1. The lowest BCUT2D eigenvalue weighted by Gasteiger charge is -2.22. The highest BCUT2D eigenvalue weighted by atomic mass is 16.5. The maximum absolute atomic E-state index is 12.7. The summed E-state index contributed by atoms with van der Waals surface area (Å²) in [5, 5.41) is 2.67. The molecule has 7 nitrogen and oxygen atoms in total. The predicted molar refractivity (Wildman–Crippen MR) is 85.7 cm³/mol. The molecule has 3 rings (SSSR count). The van der Waals surface area contributed by atoms with Gasteiger partial charge in [-0.25, -0.2) is 4.79 Å². The number of ether oxygens (including phenoxy) is 1. The zero-order valence-electron chi connectivity index (χ0n) is 13.3. The van der Waals surface area contributed by atoms with Gasteiger partial charge in [0.1, 0.15) is 11.3 Å². The van der Waals surface area contributed by atoms with Crippen LogP contribution in [-0.4, -0.2) is 41.3 Å². The molecule has 0 aliphatic carbocycles. The van der Waals surface area contributed by atoms with Crippen LogP contribution in [0.3, 0.4) is 0 Å². The molecule has 0 spiro atoms. The largest absolute Gasteiger partial charge is 0.497 e. The first-order valence-corrected chi connectivity index (χ1v) is 7.41. The molecule has 2 heterocycles. The normalized spacial score (nSPS) is 20.2. The number of urea groups is 1. The summed E-state index contributed by atoms with van der Waals surface area (Å²) in [6.07, 6.45) is 1.61. The van der Waals surface area contributed by atoms with Gasteiger partial charge in [0.25, 0.3) is 5.91 Å². The molecular weight excluding hydrogens is 310 g/mol. The predicted octanol–water partition coefficient (Wildman–Crippen LogP) is 1.67. The molecule has 0 bridgehead atoms. The maximum atomic E-state index is 12.7. The van der Waals surface area contributed by atoms with Crippen LogP contribution >= 0.6 is 0 Å². The number of nitrogens with zero attached hydrogens (tertiary/aromatic N) is 1. The summed E-state index contributed by atoms with van der Waals surface area (Å²) in [6.45, 7) is 1.31. The average Bonchev–Trinajstić information content (AvgIpc) is 3.19. The standard InChI is InChI=1S/C17H17N3O4/c1-17(11-5-7-12(24-2)8-6-11)15(22)20(16(23)19-17)10-14(21)13-4-3-9-18-13/h3-9,18H,10H2,1-2H3,(H,19,23). The number of hydrogen-bond acceptors (Lipinski definition) is 4. The van der Waals surface area contributed by atoms with Crippen molar-refractivity contribution < 1.29 is 19.1 Å². The quantitative estimate of drug-likeness (QED) is 0.645. The van der Waals surface area contributed by atoms with Gasteiger partial charge in [0.15, 0.2) is 5.78 Å². The molecule has 0 saturated carbocycles. The third-order valence-electron chi connectivity index (χ3n) is 4.14. The zero-order chi connectivity index (χ0) is 17.3. The molecule has 7 heteroatoms. The molecular formula is C17H17N3O4. The first-order chi connectivity index (χ1) is 11.5. The SMILES string of the molecule is COc1ccc(C2(C)NC(=O)N(CC(=O)c3ccc[nH]3)C2=O)cc1. The van der Waals surface area contributed by atoms with Crippen LogP contribution in [0.2, 0.25) is 0 Å². The Labute approximate surface area is 138 Å². The summed E-state index contributed by atoms with van der Waals surface area (Å²) in [7, 11) is 1.55. The van der Waals surface area contributed by atoms with E-state index >= 15 is 0 Å². The topological polar surface area (TPSA) is 91.5 Å². The molecule has 3 amide bonds. The van der Waals surface area contributed by atoms with Crippen molar-refractivity contribution in [3.8, 4) is 5.75 Å². The van der Waals surface area contributed by atoms with Crippen molar-refractivity contribution in [2.75, 3.05) is 13.7 Å². The molecule has 124 valence electrons. The second-order valence-electron chi connectivity index (χ2n) is 5.68. The van der Waals surface area contributed by atoms with Crippen LogP contribution in [-0.2, 0) is 10.3 Å². The molecule has 24 heavy (non-hydrogen) atoms. The van der Waals surface area contributed by atoms with Crippen molar-refractivity contribution in [3.63, 3.8) is 0 Å². The van der Waals surface area contributed by atoms with Gasteiger partial charge in [0, 0.05) is 6.20 Å². The Kier molecular flexibility index (Phi) is 3.84. The average molecular weight is 327 g/mol. The van der Waals surface area contributed by atoms with E-state index in [0.29, 0.717) is 17.0 Å². The summed E-state index contributed by atoms with van der Waals surface area (Å²) in [4.78, 5) is 40.8. The molecule has 1 aliphatic rings. The Morgan fingerprint density at radius 2 is 1.92 bits per heavy atom. The van der Waals surface area contributed by atoms with Gasteiger partial charge in [0.05, 0.1) is 19.3 Å². The molecule has 1 fully saturated rings. The highest BCUT2D eigenvalue weighted by molar-refractivity contribution is 6.10. The van der Waals surface area contributed by atoms with E-state index in [2.05, 4.69) is 10.3 Å². The van der Waals surface area contributed by atoms with E-state index < -0.39 is 17.5 Å². The van der Waals surface area contributed by atoms with Crippen molar-refractivity contribution in [2.45, 2.75) is 12.5 Å². The molecule has 0 radical (unpaired) electrons. The maximum Gasteiger partial charge on any atom is 0.325 e. The van der Waals surface area contributed by atoms with Crippen LogP contribution in [0.5, 0.6) is 5.75 Å². The minimum atomic E-state index is -1.21. The molecule has 1 aromatic heterocycles. The van der Waals surface area contributed by atoms with E-state index in [1.165, 1.54) is 0 Å². The van der Waals surface area contributed by atoms with Gasteiger partial charge in [-0.15, -0.1) is 0 Å².